The fourth-order valence-electron chi connectivity index (χ4n) is 3.77. The summed E-state index contributed by atoms with van der Waals surface area (Å²) < 4.78 is 34.6. The van der Waals surface area contributed by atoms with E-state index in [0.29, 0.717) is 29.3 Å². The first-order chi connectivity index (χ1) is 17.2. The molecule has 11 heteroatoms. The van der Waals surface area contributed by atoms with E-state index < -0.39 is 43.3 Å². The van der Waals surface area contributed by atoms with Crippen molar-refractivity contribution in [1.29, 1.82) is 5.26 Å². The number of aromatic nitrogens is 2. The average molecular weight is 497 g/mol. The first-order valence-corrected chi connectivity index (χ1v) is 11.2. The van der Waals surface area contributed by atoms with E-state index in [0.717, 1.165) is 4.90 Å². The topological polar surface area (TPSA) is 112 Å². The Bertz CT molecular complexity index is 1290. The molecule has 0 aromatic carbocycles. The maximum absolute atomic E-state index is 13.6. The van der Waals surface area contributed by atoms with E-state index in [1.165, 1.54) is 12.3 Å². The minimum atomic E-state index is -3.13. The number of aliphatic imine (C=N–C) groups is 1. The molecule has 2 aromatic heterocycles. The fraction of sp³-hybridized carbons (Fsp3) is 0.320. The summed E-state index contributed by atoms with van der Waals surface area (Å²) in [7, 11) is 0. The summed E-state index contributed by atoms with van der Waals surface area (Å²) in [6.45, 7) is 6.12. The molecule has 0 aliphatic carbocycles. The summed E-state index contributed by atoms with van der Waals surface area (Å²) >= 11 is 0. The number of nitriles is 1. The van der Waals surface area contributed by atoms with Crippen molar-refractivity contribution in [3.8, 4) is 11.8 Å². The lowest BCUT2D eigenvalue weighted by atomic mass is 10.1. The minimum absolute atomic E-state index is 0.192. The Morgan fingerprint density at radius 2 is 2.25 bits per heavy atom. The number of allylic oxidation sites excluding steroid dienone is 2. The standard InChI is InChI=1S/C25H26F2N6O3/c1-4-21(24(35)30-14-23(34)33-16-25(26,27)11-19(33)12-28)17(13-29-3)6-7-18-15-32-9-8-20(36-5-2)10-22(32)31-18/h4,6-10,13,15,19H,3,5,11,14,16H2,1-2H3,(H,30,35)/b7-6+,17-13-,21-4+/t19-/m0/s1. The van der Waals surface area contributed by atoms with Crippen LogP contribution in [0.2, 0.25) is 0 Å². The van der Waals surface area contributed by atoms with E-state index in [9.17, 15) is 18.4 Å². The number of pyridine rings is 1. The van der Waals surface area contributed by atoms with Crippen LogP contribution in [0.4, 0.5) is 8.78 Å². The number of amides is 2. The van der Waals surface area contributed by atoms with Crippen molar-refractivity contribution in [1.82, 2.24) is 19.6 Å². The van der Waals surface area contributed by atoms with Gasteiger partial charge in [0.25, 0.3) is 11.8 Å². The van der Waals surface area contributed by atoms with Crippen LogP contribution in [0.25, 0.3) is 11.7 Å². The third-order valence-electron chi connectivity index (χ3n) is 5.41. The number of ether oxygens (including phenoxy) is 1. The minimum Gasteiger partial charge on any atom is -0.494 e. The Morgan fingerprint density at radius 1 is 1.47 bits per heavy atom. The van der Waals surface area contributed by atoms with Crippen LogP contribution in [0.5, 0.6) is 5.75 Å². The van der Waals surface area contributed by atoms with E-state index in [4.69, 9.17) is 10.00 Å². The lowest BCUT2D eigenvalue weighted by Gasteiger charge is -2.19. The van der Waals surface area contributed by atoms with Gasteiger partial charge in [-0.2, -0.15) is 5.26 Å². The first kappa shape index (κ1) is 26.3. The van der Waals surface area contributed by atoms with Gasteiger partial charge in [0.15, 0.2) is 0 Å². The Hall–Kier alpha value is -4.33. The first-order valence-electron chi connectivity index (χ1n) is 11.2. The van der Waals surface area contributed by atoms with Gasteiger partial charge in [-0.25, -0.2) is 13.8 Å². The molecule has 0 saturated carbocycles. The summed E-state index contributed by atoms with van der Waals surface area (Å²) in [4.78, 5) is 34.3. The zero-order valence-corrected chi connectivity index (χ0v) is 19.9. The van der Waals surface area contributed by atoms with Crippen LogP contribution in [-0.2, 0) is 9.59 Å². The number of hydrogen-bond acceptors (Lipinski definition) is 6. The number of nitrogens with one attached hydrogen (secondary N) is 1. The van der Waals surface area contributed by atoms with Crippen molar-refractivity contribution in [3.63, 3.8) is 0 Å². The van der Waals surface area contributed by atoms with Crippen molar-refractivity contribution in [3.05, 3.63) is 59.7 Å². The number of imidazole rings is 1. The molecule has 1 aliphatic rings. The van der Waals surface area contributed by atoms with Gasteiger partial charge in [-0.05, 0) is 32.7 Å². The highest BCUT2D eigenvalue weighted by Crippen LogP contribution is 2.31. The molecule has 1 saturated heterocycles. The molecule has 188 valence electrons. The van der Waals surface area contributed by atoms with E-state index in [1.54, 1.807) is 37.4 Å². The molecule has 0 radical (unpaired) electrons. The number of alkyl halides is 2. The summed E-state index contributed by atoms with van der Waals surface area (Å²) in [5.41, 5.74) is 1.88. The van der Waals surface area contributed by atoms with Crippen molar-refractivity contribution in [2.75, 3.05) is 19.7 Å². The van der Waals surface area contributed by atoms with Gasteiger partial charge in [-0.1, -0.05) is 12.2 Å². The molecule has 1 atom stereocenters. The number of fused-ring (bicyclic) bond motifs is 1. The number of carbonyl (C=O) groups excluding carboxylic acids is 2. The van der Waals surface area contributed by atoms with Crippen molar-refractivity contribution < 1.29 is 23.1 Å². The Labute approximate surface area is 207 Å². The van der Waals surface area contributed by atoms with Gasteiger partial charge in [0.1, 0.15) is 17.4 Å². The molecule has 3 rings (SSSR count). The predicted octanol–water partition coefficient (Wildman–Crippen LogP) is 3.15. The zero-order valence-electron chi connectivity index (χ0n) is 19.9. The third-order valence-corrected chi connectivity index (χ3v) is 5.41. The monoisotopic (exact) mass is 496 g/mol. The third kappa shape index (κ3) is 6.21. The van der Waals surface area contributed by atoms with Gasteiger partial charge in [-0.15, -0.1) is 0 Å². The van der Waals surface area contributed by atoms with Crippen LogP contribution in [0.1, 0.15) is 26.0 Å². The lowest BCUT2D eigenvalue weighted by molar-refractivity contribution is -0.133. The van der Waals surface area contributed by atoms with Crippen LogP contribution < -0.4 is 10.1 Å². The molecule has 1 N–H and O–H groups in total. The summed E-state index contributed by atoms with van der Waals surface area (Å²) in [6.07, 6.45) is 9.12. The molecular weight excluding hydrogens is 470 g/mol. The molecule has 1 aliphatic heterocycles. The highest BCUT2D eigenvalue weighted by molar-refractivity contribution is 6.00. The second-order valence-electron chi connectivity index (χ2n) is 7.94. The molecule has 9 nitrogen and oxygen atoms in total. The van der Waals surface area contributed by atoms with Gasteiger partial charge >= 0.3 is 0 Å². The van der Waals surface area contributed by atoms with E-state index in [2.05, 4.69) is 22.0 Å². The molecule has 36 heavy (non-hydrogen) atoms. The molecule has 0 bridgehead atoms. The highest BCUT2D eigenvalue weighted by Gasteiger charge is 2.47. The molecular formula is C25H26F2N6O3. The molecule has 1 fully saturated rings. The SMILES string of the molecule is C=N/C=C(/C=C/c1cn2ccc(OCC)cc2n1)C(=C/C)\C(=O)NCC(=O)N1CC(F)(F)C[C@H]1C#N. The number of likely N-dealkylation sites (tertiary alicyclic amines) is 1. The number of hydrogen-bond donors (Lipinski definition) is 1. The number of rotatable bonds is 9. The number of nitrogens with zero attached hydrogens (tertiary/aromatic N) is 5. The smallest absolute Gasteiger partial charge is 0.268 e. The van der Waals surface area contributed by atoms with Crippen LogP contribution >= 0.6 is 0 Å². The molecule has 2 amide bonds. The van der Waals surface area contributed by atoms with Crippen molar-refractivity contribution in [2.24, 2.45) is 4.99 Å². The Kier molecular flexibility index (Phi) is 8.32. The lowest BCUT2D eigenvalue weighted by Crippen LogP contribution is -2.43. The van der Waals surface area contributed by atoms with E-state index in [-0.39, 0.29) is 5.57 Å². The van der Waals surface area contributed by atoms with Crippen LogP contribution in [-0.4, -0.2) is 64.5 Å². The van der Waals surface area contributed by atoms with Gasteiger partial charge in [0.2, 0.25) is 5.91 Å². The number of carbonyl (C=O) groups is 2. The maximum atomic E-state index is 13.6. The van der Waals surface area contributed by atoms with Crippen molar-refractivity contribution >= 4 is 30.3 Å². The zero-order chi connectivity index (χ0) is 26.3. The average Bonchev–Trinajstić information content (AvgIpc) is 3.40. The van der Waals surface area contributed by atoms with Gasteiger partial charge in [-0.3, -0.25) is 14.6 Å². The second-order valence-corrected chi connectivity index (χ2v) is 7.94. The molecule has 0 unspecified atom stereocenters. The molecule has 3 heterocycles. The largest absolute Gasteiger partial charge is 0.494 e. The van der Waals surface area contributed by atoms with Crippen LogP contribution in [0, 0.1) is 11.3 Å². The van der Waals surface area contributed by atoms with Crippen LogP contribution in [0.3, 0.4) is 0 Å². The summed E-state index contributed by atoms with van der Waals surface area (Å²) in [5.74, 6) is -3.81. The summed E-state index contributed by atoms with van der Waals surface area (Å²) in [5, 5.41) is 11.5. The van der Waals surface area contributed by atoms with E-state index >= 15 is 0 Å². The van der Waals surface area contributed by atoms with Gasteiger partial charge in [0.05, 0.1) is 31.5 Å². The maximum Gasteiger partial charge on any atom is 0.268 e. The van der Waals surface area contributed by atoms with E-state index in [1.807, 2.05) is 23.6 Å². The van der Waals surface area contributed by atoms with Gasteiger partial charge in [0, 0.05) is 42.2 Å². The van der Waals surface area contributed by atoms with Crippen LogP contribution in [0.15, 0.2) is 59.0 Å². The normalized spacial score (nSPS) is 17.9. The number of halogens is 2. The second kappa shape index (κ2) is 11.4. The predicted molar refractivity (Wildman–Crippen MR) is 130 cm³/mol. The summed E-state index contributed by atoms with van der Waals surface area (Å²) in [6, 6.07) is 4.10. The van der Waals surface area contributed by atoms with Crippen molar-refractivity contribution in [2.45, 2.75) is 32.2 Å². The Balaban J connectivity index is 1.70. The molecule has 0 spiro atoms. The quantitative estimate of drug-likeness (QED) is 0.326. The van der Waals surface area contributed by atoms with Gasteiger partial charge < -0.3 is 19.4 Å². The fourth-order valence-corrected chi connectivity index (χ4v) is 3.77. The highest BCUT2D eigenvalue weighted by atomic mass is 19.3. The Morgan fingerprint density at radius 3 is 2.92 bits per heavy atom. The molecule has 2 aromatic rings.